The molecule has 0 saturated heterocycles. The number of hydrogen-bond donors (Lipinski definition) is 0. The first-order valence-electron chi connectivity index (χ1n) is 5.31. The molecular formula is C13H17NO. The standard InChI is InChI=1S/C13H17NO/c1-4-15-12-7-5-11(6-8-12)13(9-14)10(2)3/h5-8,10,13H,4H2,1-3H3/t13-/m1/s1. The van der Waals surface area contributed by atoms with Gasteiger partial charge in [0.15, 0.2) is 0 Å². The van der Waals surface area contributed by atoms with E-state index >= 15 is 0 Å². The zero-order valence-corrected chi connectivity index (χ0v) is 9.53. The third kappa shape index (κ3) is 2.99. The molecule has 0 N–H and O–H groups in total. The molecule has 2 nitrogen and oxygen atoms in total. The van der Waals surface area contributed by atoms with Crippen LogP contribution < -0.4 is 4.74 Å². The molecule has 80 valence electrons. The van der Waals surface area contributed by atoms with E-state index in [-0.39, 0.29) is 5.92 Å². The maximum Gasteiger partial charge on any atom is 0.119 e. The summed E-state index contributed by atoms with van der Waals surface area (Å²) in [6.45, 7) is 6.75. The minimum Gasteiger partial charge on any atom is -0.494 e. The Hall–Kier alpha value is -1.49. The van der Waals surface area contributed by atoms with Crippen LogP contribution in [0.4, 0.5) is 0 Å². The highest BCUT2D eigenvalue weighted by atomic mass is 16.5. The van der Waals surface area contributed by atoms with Crippen LogP contribution in [-0.2, 0) is 0 Å². The highest BCUT2D eigenvalue weighted by Gasteiger charge is 2.14. The molecule has 0 bridgehead atoms. The van der Waals surface area contributed by atoms with Crippen molar-refractivity contribution in [3.63, 3.8) is 0 Å². The Morgan fingerprint density at radius 3 is 2.27 bits per heavy atom. The highest BCUT2D eigenvalue weighted by molar-refractivity contribution is 5.32. The molecule has 0 aromatic heterocycles. The lowest BCUT2D eigenvalue weighted by Crippen LogP contribution is -2.03. The Morgan fingerprint density at radius 2 is 1.87 bits per heavy atom. The zero-order valence-electron chi connectivity index (χ0n) is 9.53. The highest BCUT2D eigenvalue weighted by Crippen LogP contribution is 2.25. The van der Waals surface area contributed by atoms with Gasteiger partial charge in [-0.2, -0.15) is 5.26 Å². The van der Waals surface area contributed by atoms with Gasteiger partial charge in [0.25, 0.3) is 0 Å². The van der Waals surface area contributed by atoms with E-state index < -0.39 is 0 Å². The van der Waals surface area contributed by atoms with Crippen LogP contribution in [-0.4, -0.2) is 6.61 Å². The van der Waals surface area contributed by atoms with Crippen LogP contribution in [0.3, 0.4) is 0 Å². The van der Waals surface area contributed by atoms with Gasteiger partial charge in [-0.15, -0.1) is 0 Å². The maximum atomic E-state index is 9.04. The lowest BCUT2D eigenvalue weighted by Gasteiger charge is -2.13. The van der Waals surface area contributed by atoms with Crippen molar-refractivity contribution in [1.82, 2.24) is 0 Å². The quantitative estimate of drug-likeness (QED) is 0.751. The van der Waals surface area contributed by atoms with Gasteiger partial charge in [0, 0.05) is 0 Å². The molecule has 2 heteroatoms. The Bertz CT molecular complexity index is 335. The molecule has 0 fully saturated rings. The van der Waals surface area contributed by atoms with Gasteiger partial charge in [0.2, 0.25) is 0 Å². The first-order valence-corrected chi connectivity index (χ1v) is 5.31. The van der Waals surface area contributed by atoms with E-state index in [4.69, 9.17) is 10.00 Å². The van der Waals surface area contributed by atoms with Crippen molar-refractivity contribution in [2.75, 3.05) is 6.61 Å². The second kappa shape index (κ2) is 5.41. The Kier molecular flexibility index (Phi) is 4.17. The monoisotopic (exact) mass is 203 g/mol. The Labute approximate surface area is 91.5 Å². The van der Waals surface area contributed by atoms with Crippen LogP contribution in [0.25, 0.3) is 0 Å². The van der Waals surface area contributed by atoms with Gasteiger partial charge in [-0.05, 0) is 30.5 Å². The summed E-state index contributed by atoms with van der Waals surface area (Å²) in [5.74, 6) is 1.18. The smallest absolute Gasteiger partial charge is 0.119 e. The minimum absolute atomic E-state index is 0.0272. The molecule has 1 atom stereocenters. The van der Waals surface area contributed by atoms with E-state index in [2.05, 4.69) is 19.9 Å². The van der Waals surface area contributed by atoms with Gasteiger partial charge in [0.05, 0.1) is 18.6 Å². The number of nitrogens with zero attached hydrogens (tertiary/aromatic N) is 1. The molecule has 1 aromatic carbocycles. The second-order valence-corrected chi connectivity index (χ2v) is 3.85. The lowest BCUT2D eigenvalue weighted by atomic mass is 9.90. The van der Waals surface area contributed by atoms with Crippen LogP contribution in [0.5, 0.6) is 5.75 Å². The van der Waals surface area contributed by atoms with E-state index in [9.17, 15) is 0 Å². The van der Waals surface area contributed by atoms with Crippen molar-refractivity contribution < 1.29 is 4.74 Å². The molecule has 0 aliphatic rings. The first kappa shape index (κ1) is 11.6. The molecule has 0 heterocycles. The summed E-state index contributed by atoms with van der Waals surface area (Å²) in [7, 11) is 0. The molecule has 0 aliphatic carbocycles. The average molecular weight is 203 g/mol. The fraction of sp³-hybridized carbons (Fsp3) is 0.462. The number of rotatable bonds is 4. The maximum absolute atomic E-state index is 9.04. The average Bonchev–Trinajstić information content (AvgIpc) is 2.21. The summed E-state index contributed by atoms with van der Waals surface area (Å²) in [6, 6.07) is 10.1. The normalized spacial score (nSPS) is 12.2. The number of hydrogen-bond acceptors (Lipinski definition) is 2. The molecule has 15 heavy (non-hydrogen) atoms. The van der Waals surface area contributed by atoms with Crippen molar-refractivity contribution >= 4 is 0 Å². The molecule has 0 amide bonds. The van der Waals surface area contributed by atoms with E-state index in [1.54, 1.807) is 0 Å². The van der Waals surface area contributed by atoms with E-state index in [0.29, 0.717) is 12.5 Å². The minimum atomic E-state index is -0.0272. The molecule has 0 radical (unpaired) electrons. The van der Waals surface area contributed by atoms with E-state index in [0.717, 1.165) is 11.3 Å². The van der Waals surface area contributed by atoms with Crippen molar-refractivity contribution in [3.8, 4) is 11.8 Å². The molecule has 0 saturated carbocycles. The van der Waals surface area contributed by atoms with Gasteiger partial charge in [-0.1, -0.05) is 26.0 Å². The summed E-state index contributed by atoms with van der Waals surface area (Å²) in [5, 5.41) is 9.04. The SMILES string of the molecule is CCOc1ccc([C@H](C#N)C(C)C)cc1. The summed E-state index contributed by atoms with van der Waals surface area (Å²) in [4.78, 5) is 0. The first-order chi connectivity index (χ1) is 7.19. The summed E-state index contributed by atoms with van der Waals surface area (Å²) >= 11 is 0. The Balaban J connectivity index is 2.83. The van der Waals surface area contributed by atoms with Gasteiger partial charge < -0.3 is 4.74 Å². The fourth-order valence-electron chi connectivity index (χ4n) is 1.55. The molecule has 1 rings (SSSR count). The molecular weight excluding hydrogens is 186 g/mol. The van der Waals surface area contributed by atoms with E-state index in [1.165, 1.54) is 0 Å². The van der Waals surface area contributed by atoms with Crippen molar-refractivity contribution in [2.45, 2.75) is 26.7 Å². The zero-order chi connectivity index (χ0) is 11.3. The lowest BCUT2D eigenvalue weighted by molar-refractivity contribution is 0.340. The second-order valence-electron chi connectivity index (χ2n) is 3.85. The van der Waals surface area contributed by atoms with Crippen LogP contribution in [0, 0.1) is 17.2 Å². The summed E-state index contributed by atoms with van der Waals surface area (Å²) < 4.78 is 5.35. The van der Waals surface area contributed by atoms with Gasteiger partial charge in [-0.3, -0.25) is 0 Å². The fourth-order valence-corrected chi connectivity index (χ4v) is 1.55. The third-order valence-corrected chi connectivity index (χ3v) is 2.36. The van der Waals surface area contributed by atoms with Crippen molar-refractivity contribution in [2.24, 2.45) is 5.92 Å². The number of benzene rings is 1. The van der Waals surface area contributed by atoms with Crippen LogP contribution in [0.2, 0.25) is 0 Å². The van der Waals surface area contributed by atoms with Crippen molar-refractivity contribution in [3.05, 3.63) is 29.8 Å². The molecule has 1 aromatic rings. The predicted molar refractivity (Wildman–Crippen MR) is 60.8 cm³/mol. The summed E-state index contributed by atoms with van der Waals surface area (Å²) in [5.41, 5.74) is 1.07. The van der Waals surface area contributed by atoms with Gasteiger partial charge in [0.1, 0.15) is 5.75 Å². The van der Waals surface area contributed by atoms with Gasteiger partial charge >= 0.3 is 0 Å². The number of ether oxygens (including phenoxy) is 1. The molecule has 0 spiro atoms. The van der Waals surface area contributed by atoms with Crippen LogP contribution >= 0.6 is 0 Å². The van der Waals surface area contributed by atoms with Gasteiger partial charge in [-0.25, -0.2) is 0 Å². The predicted octanol–water partition coefficient (Wildman–Crippen LogP) is 3.35. The van der Waals surface area contributed by atoms with Crippen LogP contribution in [0.15, 0.2) is 24.3 Å². The Morgan fingerprint density at radius 1 is 1.27 bits per heavy atom. The van der Waals surface area contributed by atoms with E-state index in [1.807, 2.05) is 31.2 Å². The molecule has 0 aliphatic heterocycles. The largest absolute Gasteiger partial charge is 0.494 e. The number of nitriles is 1. The van der Waals surface area contributed by atoms with Crippen molar-refractivity contribution in [1.29, 1.82) is 5.26 Å². The third-order valence-electron chi connectivity index (χ3n) is 2.36. The van der Waals surface area contributed by atoms with Crippen LogP contribution in [0.1, 0.15) is 32.3 Å². The summed E-state index contributed by atoms with van der Waals surface area (Å²) in [6.07, 6.45) is 0. The topological polar surface area (TPSA) is 33.0 Å². The molecule has 0 unspecified atom stereocenters.